The lowest BCUT2D eigenvalue weighted by atomic mass is 10.1. The summed E-state index contributed by atoms with van der Waals surface area (Å²) in [6, 6.07) is 8.38. The van der Waals surface area contributed by atoms with Crippen molar-refractivity contribution in [2.45, 2.75) is 13.8 Å². The third-order valence-corrected chi connectivity index (χ3v) is 6.97. The maximum absolute atomic E-state index is 13.2. The van der Waals surface area contributed by atoms with Crippen LogP contribution >= 0.6 is 22.7 Å². The van der Waals surface area contributed by atoms with Gasteiger partial charge in [0.15, 0.2) is 5.13 Å². The monoisotopic (exact) mass is 401 g/mol. The molecule has 3 aromatic rings. The molecule has 0 saturated carbocycles. The van der Waals surface area contributed by atoms with Gasteiger partial charge >= 0.3 is 0 Å². The van der Waals surface area contributed by atoms with Crippen LogP contribution in [0.1, 0.15) is 20.9 Å². The molecule has 140 valence electrons. The summed E-state index contributed by atoms with van der Waals surface area (Å²) >= 11 is 3.14. The summed E-state index contributed by atoms with van der Waals surface area (Å²) in [6.07, 6.45) is 0. The van der Waals surface area contributed by atoms with Gasteiger partial charge in [0, 0.05) is 36.4 Å². The summed E-state index contributed by atoms with van der Waals surface area (Å²) < 4.78 is 13.2. The first kappa shape index (κ1) is 18.1. The van der Waals surface area contributed by atoms with Crippen LogP contribution in [-0.4, -0.2) is 42.0 Å². The molecular formula is C20H20FN3OS2. The molecular weight excluding hydrogens is 381 g/mol. The second-order valence-electron chi connectivity index (χ2n) is 6.68. The van der Waals surface area contributed by atoms with E-state index in [0.717, 1.165) is 44.8 Å². The van der Waals surface area contributed by atoms with Gasteiger partial charge in [-0.1, -0.05) is 12.1 Å². The number of halogens is 1. The predicted octanol–water partition coefficient (Wildman–Crippen LogP) is 4.59. The Kier molecular flexibility index (Phi) is 4.97. The maximum atomic E-state index is 13.2. The molecule has 7 heteroatoms. The Morgan fingerprint density at radius 2 is 1.81 bits per heavy atom. The molecule has 4 nitrogen and oxygen atoms in total. The Bertz CT molecular complexity index is 956. The first-order valence-corrected chi connectivity index (χ1v) is 10.5. The van der Waals surface area contributed by atoms with Crippen LogP contribution in [0.25, 0.3) is 10.4 Å². The molecule has 27 heavy (non-hydrogen) atoms. The van der Waals surface area contributed by atoms with Crippen LogP contribution in [-0.2, 0) is 0 Å². The Morgan fingerprint density at radius 3 is 2.44 bits per heavy atom. The summed E-state index contributed by atoms with van der Waals surface area (Å²) in [5.74, 6) is -0.177. The van der Waals surface area contributed by atoms with Crippen LogP contribution in [0.4, 0.5) is 9.52 Å². The van der Waals surface area contributed by atoms with Crippen LogP contribution < -0.4 is 4.90 Å². The molecule has 0 atom stereocenters. The van der Waals surface area contributed by atoms with Crippen molar-refractivity contribution in [3.63, 3.8) is 0 Å². The lowest BCUT2D eigenvalue weighted by Gasteiger charge is -2.34. The van der Waals surface area contributed by atoms with Gasteiger partial charge in [0.2, 0.25) is 0 Å². The summed E-state index contributed by atoms with van der Waals surface area (Å²) in [4.78, 5) is 23.4. The molecule has 0 bridgehead atoms. The fraction of sp³-hybridized carbons (Fsp3) is 0.300. The molecule has 4 rings (SSSR count). The van der Waals surface area contributed by atoms with Crippen LogP contribution in [0.3, 0.4) is 0 Å². The standard InChI is InChI=1S/C20H20FN3OS2/c1-13-11-17(27-18(13)15-3-5-16(21)6-4-15)19(25)23-7-9-24(10-8-23)20-22-14(2)12-26-20/h3-6,11-12H,7-10H2,1-2H3. The molecule has 0 N–H and O–H groups in total. The number of aryl methyl sites for hydroxylation is 2. The van der Waals surface area contributed by atoms with E-state index in [9.17, 15) is 9.18 Å². The van der Waals surface area contributed by atoms with Gasteiger partial charge < -0.3 is 9.80 Å². The number of thiazole rings is 1. The number of piperazine rings is 1. The number of carbonyl (C=O) groups is 1. The largest absolute Gasteiger partial charge is 0.345 e. The van der Waals surface area contributed by atoms with E-state index in [1.165, 1.54) is 23.5 Å². The fourth-order valence-electron chi connectivity index (χ4n) is 3.22. The van der Waals surface area contributed by atoms with Crippen LogP contribution in [0.5, 0.6) is 0 Å². The highest BCUT2D eigenvalue weighted by atomic mass is 32.1. The molecule has 1 aliphatic heterocycles. The Balaban J connectivity index is 1.46. The molecule has 1 amide bonds. The molecule has 1 aromatic carbocycles. The summed E-state index contributed by atoms with van der Waals surface area (Å²) in [7, 11) is 0. The highest BCUT2D eigenvalue weighted by Crippen LogP contribution is 2.33. The smallest absolute Gasteiger partial charge is 0.264 e. The highest BCUT2D eigenvalue weighted by molar-refractivity contribution is 7.17. The molecule has 0 spiro atoms. The number of nitrogens with zero attached hydrogens (tertiary/aromatic N) is 3. The molecule has 1 fully saturated rings. The summed E-state index contributed by atoms with van der Waals surface area (Å²) in [5.41, 5.74) is 3.03. The number of rotatable bonds is 3. The van der Waals surface area contributed by atoms with Crippen LogP contribution in [0.2, 0.25) is 0 Å². The van der Waals surface area contributed by atoms with E-state index in [1.54, 1.807) is 23.5 Å². The number of amides is 1. The van der Waals surface area contributed by atoms with Crippen molar-refractivity contribution < 1.29 is 9.18 Å². The zero-order chi connectivity index (χ0) is 19.0. The van der Waals surface area contributed by atoms with Gasteiger partial charge in [0.05, 0.1) is 10.6 Å². The van der Waals surface area contributed by atoms with E-state index in [0.29, 0.717) is 13.1 Å². The molecule has 0 radical (unpaired) electrons. The van der Waals surface area contributed by atoms with Gasteiger partial charge in [-0.3, -0.25) is 4.79 Å². The predicted molar refractivity (Wildman–Crippen MR) is 109 cm³/mol. The molecule has 3 heterocycles. The Labute approximate surface area is 165 Å². The second-order valence-corrected chi connectivity index (χ2v) is 8.57. The lowest BCUT2D eigenvalue weighted by molar-refractivity contribution is 0.0751. The zero-order valence-corrected chi connectivity index (χ0v) is 16.9. The number of aromatic nitrogens is 1. The normalized spacial score (nSPS) is 14.6. The van der Waals surface area contributed by atoms with Crippen molar-refractivity contribution in [2.24, 2.45) is 0 Å². The lowest BCUT2D eigenvalue weighted by Crippen LogP contribution is -2.48. The third-order valence-electron chi connectivity index (χ3n) is 4.68. The van der Waals surface area contributed by atoms with Gasteiger partial charge in [0.25, 0.3) is 5.91 Å². The minimum Gasteiger partial charge on any atom is -0.345 e. The highest BCUT2D eigenvalue weighted by Gasteiger charge is 2.25. The van der Waals surface area contributed by atoms with Crippen molar-refractivity contribution in [3.8, 4) is 10.4 Å². The van der Waals surface area contributed by atoms with Gasteiger partial charge in [-0.25, -0.2) is 9.37 Å². The van der Waals surface area contributed by atoms with E-state index in [4.69, 9.17) is 0 Å². The number of anilines is 1. The number of carbonyl (C=O) groups excluding carboxylic acids is 1. The second kappa shape index (κ2) is 7.40. The van der Waals surface area contributed by atoms with E-state index >= 15 is 0 Å². The first-order chi connectivity index (χ1) is 13.0. The minimum absolute atomic E-state index is 0.0754. The molecule has 1 saturated heterocycles. The van der Waals surface area contributed by atoms with Crippen molar-refractivity contribution >= 4 is 33.7 Å². The summed E-state index contributed by atoms with van der Waals surface area (Å²) in [5, 5.41) is 3.09. The average molecular weight is 402 g/mol. The van der Waals surface area contributed by atoms with Gasteiger partial charge in [-0.2, -0.15) is 0 Å². The third kappa shape index (κ3) is 3.75. The topological polar surface area (TPSA) is 36.4 Å². The van der Waals surface area contributed by atoms with Crippen molar-refractivity contribution in [1.82, 2.24) is 9.88 Å². The van der Waals surface area contributed by atoms with E-state index in [-0.39, 0.29) is 11.7 Å². The van der Waals surface area contributed by atoms with Crippen LogP contribution in [0.15, 0.2) is 35.7 Å². The SMILES string of the molecule is Cc1csc(N2CCN(C(=O)c3cc(C)c(-c4ccc(F)cc4)s3)CC2)n1. The quantitative estimate of drug-likeness (QED) is 0.644. The molecule has 0 aliphatic carbocycles. The fourth-order valence-corrected chi connectivity index (χ4v) is 5.22. The van der Waals surface area contributed by atoms with Gasteiger partial charge in [-0.05, 0) is 43.2 Å². The Morgan fingerprint density at radius 1 is 1.11 bits per heavy atom. The molecule has 0 unspecified atom stereocenters. The molecule has 1 aliphatic rings. The van der Waals surface area contributed by atoms with Crippen LogP contribution in [0, 0.1) is 19.7 Å². The van der Waals surface area contributed by atoms with E-state index < -0.39 is 0 Å². The number of thiophene rings is 1. The average Bonchev–Trinajstić information content (AvgIpc) is 3.28. The Hall–Kier alpha value is -2.25. The van der Waals surface area contributed by atoms with Crippen molar-refractivity contribution in [3.05, 3.63) is 57.7 Å². The van der Waals surface area contributed by atoms with Gasteiger partial charge in [-0.15, -0.1) is 22.7 Å². The maximum Gasteiger partial charge on any atom is 0.264 e. The number of benzene rings is 1. The number of hydrogen-bond acceptors (Lipinski definition) is 5. The number of hydrogen-bond donors (Lipinski definition) is 0. The van der Waals surface area contributed by atoms with E-state index in [1.807, 2.05) is 24.8 Å². The minimum atomic E-state index is -0.252. The summed E-state index contributed by atoms with van der Waals surface area (Å²) in [6.45, 7) is 6.98. The van der Waals surface area contributed by atoms with E-state index in [2.05, 4.69) is 15.3 Å². The zero-order valence-electron chi connectivity index (χ0n) is 15.2. The van der Waals surface area contributed by atoms with Crippen molar-refractivity contribution in [1.29, 1.82) is 0 Å². The first-order valence-electron chi connectivity index (χ1n) is 8.84. The molecule has 2 aromatic heterocycles. The van der Waals surface area contributed by atoms with Crippen molar-refractivity contribution in [2.75, 3.05) is 31.1 Å². The van der Waals surface area contributed by atoms with Gasteiger partial charge in [0.1, 0.15) is 5.82 Å².